The van der Waals surface area contributed by atoms with E-state index in [1.54, 1.807) is 4.90 Å². The zero-order chi connectivity index (χ0) is 25.9. The van der Waals surface area contributed by atoms with E-state index < -0.39 is 0 Å². The van der Waals surface area contributed by atoms with Gasteiger partial charge in [-0.05, 0) is 59.8 Å². The van der Waals surface area contributed by atoms with E-state index in [0.29, 0.717) is 22.2 Å². The Morgan fingerprint density at radius 2 is 1.53 bits per heavy atom. The van der Waals surface area contributed by atoms with E-state index in [4.69, 9.17) is 4.99 Å². The van der Waals surface area contributed by atoms with Crippen molar-refractivity contribution < 1.29 is 4.79 Å². The van der Waals surface area contributed by atoms with Crippen LogP contribution in [0.1, 0.15) is 16.7 Å². The molecule has 38 heavy (non-hydrogen) atoms. The lowest BCUT2D eigenvalue weighted by Gasteiger charge is -2.15. The molecular formula is C32H22N4OS. The Kier molecular flexibility index (Phi) is 6.35. The first-order valence-electron chi connectivity index (χ1n) is 12.2. The van der Waals surface area contributed by atoms with Crippen LogP contribution in [0.4, 0.5) is 11.4 Å². The summed E-state index contributed by atoms with van der Waals surface area (Å²) in [6.07, 6.45) is 4.00. The Hall–Kier alpha value is -4.86. The maximum atomic E-state index is 13.7. The fourth-order valence-electron chi connectivity index (χ4n) is 4.58. The quantitative estimate of drug-likeness (QED) is 0.232. The maximum absolute atomic E-state index is 13.7. The van der Waals surface area contributed by atoms with Crippen molar-refractivity contribution in [2.24, 2.45) is 4.99 Å². The molecule has 0 unspecified atom stereocenters. The Morgan fingerprint density at radius 1 is 0.842 bits per heavy atom. The van der Waals surface area contributed by atoms with E-state index in [1.807, 2.05) is 103 Å². The summed E-state index contributed by atoms with van der Waals surface area (Å²) in [6.45, 7) is 0.561. The van der Waals surface area contributed by atoms with Crippen LogP contribution in [0.2, 0.25) is 0 Å². The zero-order valence-corrected chi connectivity index (χ0v) is 21.2. The Balaban J connectivity index is 1.43. The molecule has 0 saturated carbocycles. The van der Waals surface area contributed by atoms with Gasteiger partial charge in [0.2, 0.25) is 0 Å². The molecule has 0 spiro atoms. The van der Waals surface area contributed by atoms with Gasteiger partial charge < -0.3 is 4.57 Å². The van der Waals surface area contributed by atoms with E-state index in [0.717, 1.165) is 33.4 Å². The highest BCUT2D eigenvalue weighted by Gasteiger charge is 2.35. The van der Waals surface area contributed by atoms with Gasteiger partial charge in [0.05, 0.1) is 27.9 Å². The number of amides is 1. The van der Waals surface area contributed by atoms with Crippen LogP contribution in [-0.4, -0.2) is 15.6 Å². The van der Waals surface area contributed by atoms with Crippen molar-refractivity contribution in [1.29, 1.82) is 5.26 Å². The Labute approximate surface area is 225 Å². The molecule has 1 fully saturated rings. The average Bonchev–Trinajstić information content (AvgIpc) is 3.46. The first kappa shape index (κ1) is 23.5. The zero-order valence-electron chi connectivity index (χ0n) is 20.4. The fourth-order valence-corrected chi connectivity index (χ4v) is 5.57. The largest absolute Gasteiger partial charge is 0.342 e. The molecule has 0 atom stereocenters. The number of hydrogen-bond acceptors (Lipinski definition) is 4. The molecule has 1 aromatic heterocycles. The van der Waals surface area contributed by atoms with Crippen LogP contribution in [-0.2, 0) is 11.3 Å². The normalized spacial score (nSPS) is 15.4. The Morgan fingerprint density at radius 3 is 2.32 bits per heavy atom. The Bertz CT molecular complexity index is 1750. The van der Waals surface area contributed by atoms with E-state index in [2.05, 4.69) is 29.0 Å². The number of rotatable bonds is 5. The van der Waals surface area contributed by atoms with Crippen LogP contribution in [0.15, 0.2) is 125 Å². The average molecular weight is 511 g/mol. The van der Waals surface area contributed by atoms with Crippen LogP contribution in [0.5, 0.6) is 0 Å². The molecule has 0 radical (unpaired) electrons. The number of amidine groups is 1. The van der Waals surface area contributed by atoms with Gasteiger partial charge in [0.15, 0.2) is 5.17 Å². The van der Waals surface area contributed by atoms with Crippen LogP contribution in [0, 0.1) is 11.3 Å². The van der Waals surface area contributed by atoms with Gasteiger partial charge in [-0.25, -0.2) is 4.99 Å². The van der Waals surface area contributed by atoms with Crippen molar-refractivity contribution in [2.45, 2.75) is 6.54 Å². The van der Waals surface area contributed by atoms with Crippen molar-refractivity contribution in [2.75, 3.05) is 4.90 Å². The summed E-state index contributed by atoms with van der Waals surface area (Å²) in [6, 6.07) is 37.3. The number of thioether (sulfide) groups is 1. The number of aromatic nitrogens is 1. The summed E-state index contributed by atoms with van der Waals surface area (Å²) in [7, 11) is 0. The number of fused-ring (bicyclic) bond motifs is 1. The SMILES string of the molecule is N#Cc1ccccc1Cn1cc(/C=C2\SC(=Nc3ccccc3)N(c3ccccc3)C2=O)c2ccccc21. The second-order valence-electron chi connectivity index (χ2n) is 8.82. The number of nitriles is 1. The smallest absolute Gasteiger partial charge is 0.271 e. The summed E-state index contributed by atoms with van der Waals surface area (Å²) in [5.74, 6) is -0.109. The number of aliphatic imine (C=N–C) groups is 1. The number of hydrogen-bond donors (Lipinski definition) is 0. The van der Waals surface area contributed by atoms with E-state index in [9.17, 15) is 10.1 Å². The van der Waals surface area contributed by atoms with Crippen molar-refractivity contribution in [3.63, 3.8) is 0 Å². The monoisotopic (exact) mass is 510 g/mol. The first-order valence-corrected chi connectivity index (χ1v) is 13.0. The third kappa shape index (κ3) is 4.52. The summed E-state index contributed by atoms with van der Waals surface area (Å²) >= 11 is 1.37. The van der Waals surface area contributed by atoms with Gasteiger partial charge in [0.25, 0.3) is 5.91 Å². The lowest BCUT2D eigenvalue weighted by atomic mass is 10.1. The molecule has 5 nitrogen and oxygen atoms in total. The van der Waals surface area contributed by atoms with Crippen molar-refractivity contribution in [1.82, 2.24) is 4.57 Å². The van der Waals surface area contributed by atoms with Crippen molar-refractivity contribution >= 4 is 51.2 Å². The number of anilines is 1. The minimum atomic E-state index is -0.109. The molecule has 1 aliphatic heterocycles. The van der Waals surface area contributed by atoms with Crippen molar-refractivity contribution in [3.8, 4) is 6.07 Å². The van der Waals surface area contributed by atoms with Gasteiger partial charge in [-0.3, -0.25) is 9.69 Å². The van der Waals surface area contributed by atoms with Crippen LogP contribution in [0.25, 0.3) is 17.0 Å². The van der Waals surface area contributed by atoms with Gasteiger partial charge in [0, 0.05) is 29.2 Å². The highest BCUT2D eigenvalue weighted by molar-refractivity contribution is 8.19. The molecule has 5 aromatic rings. The van der Waals surface area contributed by atoms with E-state index in [-0.39, 0.29) is 5.91 Å². The first-order chi connectivity index (χ1) is 18.7. The molecule has 0 bridgehead atoms. The number of benzene rings is 4. The number of para-hydroxylation sites is 3. The predicted molar refractivity (Wildman–Crippen MR) is 155 cm³/mol. The highest BCUT2D eigenvalue weighted by Crippen LogP contribution is 2.38. The van der Waals surface area contributed by atoms with Crippen LogP contribution in [0.3, 0.4) is 0 Å². The summed E-state index contributed by atoms with van der Waals surface area (Å²) in [4.78, 5) is 20.8. The van der Waals surface area contributed by atoms with Gasteiger partial charge in [-0.15, -0.1) is 0 Å². The molecule has 4 aromatic carbocycles. The summed E-state index contributed by atoms with van der Waals surface area (Å²) in [5.41, 5.74) is 5.16. The van der Waals surface area contributed by atoms with Gasteiger partial charge in [-0.2, -0.15) is 5.26 Å². The van der Waals surface area contributed by atoms with Crippen molar-refractivity contribution in [3.05, 3.63) is 137 Å². The molecule has 1 aliphatic rings. The molecule has 1 saturated heterocycles. The van der Waals surface area contributed by atoms with Gasteiger partial charge in [-0.1, -0.05) is 72.8 Å². The third-order valence-electron chi connectivity index (χ3n) is 6.39. The minimum Gasteiger partial charge on any atom is -0.342 e. The third-order valence-corrected chi connectivity index (χ3v) is 7.36. The maximum Gasteiger partial charge on any atom is 0.271 e. The standard InChI is InChI=1S/C32H22N4OS/c33-20-23-11-7-8-12-24(23)21-35-22-25(28-17-9-10-18-29(28)35)19-30-31(37)36(27-15-5-2-6-16-27)32(38-30)34-26-13-3-1-4-14-26/h1-19,22H,21H2/b30-19-,34-32?. The summed E-state index contributed by atoms with van der Waals surface area (Å²) < 4.78 is 2.13. The molecular weight excluding hydrogens is 488 g/mol. The second-order valence-corrected chi connectivity index (χ2v) is 9.82. The molecule has 2 heterocycles. The molecule has 0 N–H and O–H groups in total. The van der Waals surface area contributed by atoms with E-state index in [1.165, 1.54) is 11.8 Å². The molecule has 182 valence electrons. The summed E-state index contributed by atoms with van der Waals surface area (Å²) in [5, 5.41) is 11.2. The van der Waals surface area contributed by atoms with E-state index >= 15 is 0 Å². The van der Waals surface area contributed by atoms with Gasteiger partial charge >= 0.3 is 0 Å². The topological polar surface area (TPSA) is 61.4 Å². The van der Waals surface area contributed by atoms with Crippen LogP contribution < -0.4 is 4.90 Å². The second kappa shape index (κ2) is 10.3. The molecule has 0 aliphatic carbocycles. The van der Waals surface area contributed by atoms with Gasteiger partial charge in [0.1, 0.15) is 0 Å². The van der Waals surface area contributed by atoms with Crippen LogP contribution >= 0.6 is 11.8 Å². The molecule has 6 rings (SSSR count). The number of nitrogens with zero attached hydrogens (tertiary/aromatic N) is 4. The molecule has 1 amide bonds. The predicted octanol–water partition coefficient (Wildman–Crippen LogP) is 7.37. The number of carbonyl (C=O) groups is 1. The lowest BCUT2D eigenvalue weighted by molar-refractivity contribution is -0.113. The fraction of sp³-hybridized carbons (Fsp3) is 0.0312. The minimum absolute atomic E-state index is 0.109. The highest BCUT2D eigenvalue weighted by atomic mass is 32.2. The molecule has 6 heteroatoms. The lowest BCUT2D eigenvalue weighted by Crippen LogP contribution is -2.28. The number of carbonyl (C=O) groups excluding carboxylic acids is 1.